The number of rotatable bonds is 2. The number of carbonyl (C=O) groups is 1. The number of fused-ring (bicyclic) bond motifs is 3. The number of hydrogen-bond donors (Lipinski definition) is 0. The van der Waals surface area contributed by atoms with E-state index in [1.54, 1.807) is 0 Å². The van der Waals surface area contributed by atoms with Crippen LogP contribution >= 0.6 is 0 Å². The van der Waals surface area contributed by atoms with Crippen LogP contribution in [-0.2, 0) is 24.8 Å². The molecule has 2 saturated heterocycles. The van der Waals surface area contributed by atoms with Crippen molar-refractivity contribution in [1.29, 1.82) is 0 Å². The van der Waals surface area contributed by atoms with Gasteiger partial charge in [-0.3, -0.25) is 14.6 Å². The zero-order chi connectivity index (χ0) is 17.6. The number of benzene rings is 1. The number of amides is 1. The van der Waals surface area contributed by atoms with Crippen molar-refractivity contribution in [1.82, 2.24) is 4.90 Å². The van der Waals surface area contributed by atoms with Gasteiger partial charge in [0.2, 0.25) is 0 Å². The van der Waals surface area contributed by atoms with Gasteiger partial charge < -0.3 is 14.2 Å². The van der Waals surface area contributed by atoms with E-state index in [0.717, 1.165) is 50.0 Å². The molecule has 1 aromatic rings. The Balaban J connectivity index is 1.46. The quantitative estimate of drug-likeness (QED) is 0.811. The molecule has 26 heavy (non-hydrogen) atoms. The Morgan fingerprint density at radius 1 is 1.00 bits per heavy atom. The molecule has 2 unspecified atom stereocenters. The van der Waals surface area contributed by atoms with E-state index in [4.69, 9.17) is 14.2 Å². The third kappa shape index (κ3) is 2.59. The lowest BCUT2D eigenvalue weighted by Crippen LogP contribution is -2.49. The number of nitrogens with zero attached hydrogens (tertiary/aromatic N) is 2. The predicted octanol–water partition coefficient (Wildman–Crippen LogP) is 2.22. The van der Waals surface area contributed by atoms with Gasteiger partial charge in [-0.05, 0) is 18.9 Å². The molecule has 0 bridgehead atoms. The highest BCUT2D eigenvalue weighted by atomic mass is 16.8. The first-order chi connectivity index (χ1) is 12.8. The standard InChI is InChI=1S/C20H26N2O4/c23-19-20(25-17-8-2-1-3-9-18(17)26-20)15-6-4-5-7-16(15)22(19)14-21-10-12-24-13-11-21/h4-7,17-18H,1-3,8-14H2. The van der Waals surface area contributed by atoms with Crippen molar-refractivity contribution in [2.75, 3.05) is 37.9 Å². The fourth-order valence-corrected chi connectivity index (χ4v) is 4.66. The van der Waals surface area contributed by atoms with Gasteiger partial charge in [0.25, 0.3) is 11.7 Å². The van der Waals surface area contributed by atoms with E-state index in [0.29, 0.717) is 19.9 Å². The van der Waals surface area contributed by atoms with Gasteiger partial charge in [-0.2, -0.15) is 0 Å². The lowest BCUT2D eigenvalue weighted by atomic mass is 10.1. The predicted molar refractivity (Wildman–Crippen MR) is 95.7 cm³/mol. The summed E-state index contributed by atoms with van der Waals surface area (Å²) in [5.74, 6) is -1.31. The van der Waals surface area contributed by atoms with Crippen LogP contribution in [0.4, 0.5) is 5.69 Å². The third-order valence-corrected chi connectivity index (χ3v) is 6.05. The molecule has 4 aliphatic rings. The zero-order valence-corrected chi connectivity index (χ0v) is 15.1. The second-order valence-corrected chi connectivity index (χ2v) is 7.69. The van der Waals surface area contributed by atoms with Crippen LogP contribution < -0.4 is 4.90 Å². The fourth-order valence-electron chi connectivity index (χ4n) is 4.66. The van der Waals surface area contributed by atoms with E-state index in [9.17, 15) is 4.79 Å². The molecule has 1 spiro atoms. The first-order valence-corrected chi connectivity index (χ1v) is 9.85. The lowest BCUT2D eigenvalue weighted by molar-refractivity contribution is -0.191. The molecule has 140 valence electrons. The highest BCUT2D eigenvalue weighted by molar-refractivity contribution is 6.06. The summed E-state index contributed by atoms with van der Waals surface area (Å²) in [5.41, 5.74) is 1.78. The molecular formula is C20H26N2O4. The number of hydrogen-bond acceptors (Lipinski definition) is 5. The molecule has 1 aromatic carbocycles. The average Bonchev–Trinajstić information content (AvgIpc) is 3.05. The minimum absolute atomic E-state index is 0.0258. The van der Waals surface area contributed by atoms with Gasteiger partial charge in [0.1, 0.15) is 0 Å². The Morgan fingerprint density at radius 3 is 2.42 bits per heavy atom. The van der Waals surface area contributed by atoms with E-state index in [1.807, 2.05) is 29.2 Å². The summed E-state index contributed by atoms with van der Waals surface area (Å²) in [6.07, 6.45) is 5.52. The molecule has 6 nitrogen and oxygen atoms in total. The molecule has 3 fully saturated rings. The largest absolute Gasteiger partial charge is 0.379 e. The molecule has 1 saturated carbocycles. The summed E-state index contributed by atoms with van der Waals surface area (Å²) in [6.45, 7) is 3.67. The van der Waals surface area contributed by atoms with Crippen LogP contribution in [0.2, 0.25) is 0 Å². The molecule has 5 rings (SSSR count). The van der Waals surface area contributed by atoms with E-state index in [-0.39, 0.29) is 18.1 Å². The minimum atomic E-state index is -1.24. The number of anilines is 1. The van der Waals surface area contributed by atoms with Crippen molar-refractivity contribution < 1.29 is 19.0 Å². The van der Waals surface area contributed by atoms with Crippen molar-refractivity contribution >= 4 is 11.6 Å². The van der Waals surface area contributed by atoms with Crippen LogP contribution in [-0.4, -0.2) is 56.0 Å². The summed E-state index contributed by atoms with van der Waals surface area (Å²) in [5, 5.41) is 0. The number of morpholine rings is 1. The van der Waals surface area contributed by atoms with Gasteiger partial charge >= 0.3 is 0 Å². The van der Waals surface area contributed by atoms with Gasteiger partial charge in [-0.25, -0.2) is 0 Å². The Morgan fingerprint density at radius 2 is 1.69 bits per heavy atom. The van der Waals surface area contributed by atoms with Crippen LogP contribution in [0.5, 0.6) is 0 Å². The van der Waals surface area contributed by atoms with E-state index in [1.165, 1.54) is 6.42 Å². The van der Waals surface area contributed by atoms with Gasteiger partial charge in [-0.1, -0.05) is 37.5 Å². The monoisotopic (exact) mass is 358 g/mol. The molecule has 3 heterocycles. The summed E-state index contributed by atoms with van der Waals surface area (Å²) < 4.78 is 18.2. The van der Waals surface area contributed by atoms with Crippen molar-refractivity contribution in [3.05, 3.63) is 29.8 Å². The van der Waals surface area contributed by atoms with Crippen LogP contribution in [0.25, 0.3) is 0 Å². The maximum absolute atomic E-state index is 13.5. The van der Waals surface area contributed by atoms with Crippen LogP contribution in [0, 0.1) is 0 Å². The number of carbonyl (C=O) groups excluding carboxylic acids is 1. The van der Waals surface area contributed by atoms with Crippen LogP contribution in [0.15, 0.2) is 24.3 Å². The SMILES string of the molecule is O=C1N(CN2CCOCC2)c2ccccc2C12OC1CCCCCC1O2. The second-order valence-electron chi connectivity index (χ2n) is 7.69. The van der Waals surface area contributed by atoms with Gasteiger partial charge in [0.05, 0.1) is 37.8 Å². The maximum atomic E-state index is 13.5. The first-order valence-electron chi connectivity index (χ1n) is 9.85. The first kappa shape index (κ1) is 16.7. The van der Waals surface area contributed by atoms with E-state index >= 15 is 0 Å². The third-order valence-electron chi connectivity index (χ3n) is 6.05. The number of para-hydroxylation sites is 1. The molecule has 0 N–H and O–H groups in total. The van der Waals surface area contributed by atoms with Gasteiger partial charge in [-0.15, -0.1) is 0 Å². The second kappa shape index (κ2) is 6.60. The highest BCUT2D eigenvalue weighted by Gasteiger charge is 2.60. The Kier molecular flexibility index (Phi) is 4.24. The molecular weight excluding hydrogens is 332 g/mol. The number of ether oxygens (including phenoxy) is 3. The van der Waals surface area contributed by atoms with Gasteiger partial charge in [0, 0.05) is 18.7 Å². The Bertz CT molecular complexity index is 674. The van der Waals surface area contributed by atoms with Crippen molar-refractivity contribution in [2.24, 2.45) is 0 Å². The fraction of sp³-hybridized carbons (Fsp3) is 0.650. The Labute approximate surface area is 154 Å². The molecule has 0 aromatic heterocycles. The topological polar surface area (TPSA) is 51.2 Å². The maximum Gasteiger partial charge on any atom is 0.293 e. The highest BCUT2D eigenvalue weighted by Crippen LogP contribution is 2.50. The van der Waals surface area contributed by atoms with Crippen molar-refractivity contribution in [3.8, 4) is 0 Å². The van der Waals surface area contributed by atoms with Crippen molar-refractivity contribution in [3.63, 3.8) is 0 Å². The molecule has 1 amide bonds. The summed E-state index contributed by atoms with van der Waals surface area (Å²) >= 11 is 0. The minimum Gasteiger partial charge on any atom is -0.379 e. The van der Waals surface area contributed by atoms with Crippen molar-refractivity contribution in [2.45, 2.75) is 50.1 Å². The zero-order valence-electron chi connectivity index (χ0n) is 15.1. The van der Waals surface area contributed by atoms with Gasteiger partial charge in [0.15, 0.2) is 0 Å². The summed E-state index contributed by atoms with van der Waals surface area (Å²) in [4.78, 5) is 17.6. The summed E-state index contributed by atoms with van der Waals surface area (Å²) in [7, 11) is 0. The molecule has 2 atom stereocenters. The summed E-state index contributed by atoms with van der Waals surface area (Å²) in [6, 6.07) is 7.93. The van der Waals surface area contributed by atoms with Crippen LogP contribution in [0.1, 0.15) is 37.7 Å². The molecule has 0 radical (unpaired) electrons. The smallest absolute Gasteiger partial charge is 0.293 e. The lowest BCUT2D eigenvalue weighted by Gasteiger charge is -2.31. The molecule has 1 aliphatic carbocycles. The van der Waals surface area contributed by atoms with E-state index in [2.05, 4.69) is 4.90 Å². The van der Waals surface area contributed by atoms with E-state index < -0.39 is 5.79 Å². The Hall–Kier alpha value is -1.47. The normalized spacial score (nSPS) is 34.8. The molecule has 3 aliphatic heterocycles. The molecule has 6 heteroatoms. The average molecular weight is 358 g/mol. The van der Waals surface area contributed by atoms with Crippen LogP contribution in [0.3, 0.4) is 0 Å².